The quantitative estimate of drug-likeness (QED) is 0.855. The van der Waals surface area contributed by atoms with Gasteiger partial charge in [-0.25, -0.2) is 4.98 Å². The summed E-state index contributed by atoms with van der Waals surface area (Å²) in [6.07, 6.45) is 0. The molecule has 6 heteroatoms. The molecule has 20 heavy (non-hydrogen) atoms. The summed E-state index contributed by atoms with van der Waals surface area (Å²) in [4.78, 5) is 15.9. The molecule has 0 saturated heterocycles. The number of nitrogen functional groups attached to an aromatic ring is 1. The molecule has 1 heterocycles. The molecule has 0 fully saturated rings. The van der Waals surface area contributed by atoms with E-state index in [1.165, 1.54) is 11.3 Å². The smallest absolute Gasteiger partial charge is 0.271 e. The van der Waals surface area contributed by atoms with Gasteiger partial charge in [0.15, 0.2) is 5.13 Å². The summed E-state index contributed by atoms with van der Waals surface area (Å²) in [5, 5.41) is 4.88. The van der Waals surface area contributed by atoms with E-state index in [-0.39, 0.29) is 5.91 Å². The van der Waals surface area contributed by atoms with Crippen molar-refractivity contribution in [2.75, 3.05) is 12.3 Å². The predicted molar refractivity (Wildman–Crippen MR) is 79.5 cm³/mol. The second-order valence-electron chi connectivity index (χ2n) is 4.16. The molecule has 0 atom stereocenters. The Balaban J connectivity index is 1.98. The van der Waals surface area contributed by atoms with Crippen molar-refractivity contribution in [3.63, 3.8) is 0 Å². The van der Waals surface area contributed by atoms with E-state index in [1.54, 1.807) is 5.38 Å². The molecular weight excluding hydrogens is 274 g/mol. The van der Waals surface area contributed by atoms with E-state index < -0.39 is 0 Å². The number of ether oxygens (including phenoxy) is 1. The Morgan fingerprint density at radius 3 is 2.80 bits per heavy atom. The average molecular weight is 291 g/mol. The van der Waals surface area contributed by atoms with Crippen LogP contribution in [-0.4, -0.2) is 17.5 Å². The Hall–Kier alpha value is -1.92. The fourth-order valence-corrected chi connectivity index (χ4v) is 2.28. The highest BCUT2D eigenvalue weighted by atomic mass is 32.1. The van der Waals surface area contributed by atoms with Crippen LogP contribution in [-0.2, 0) is 17.9 Å². The number of aromatic nitrogens is 1. The topological polar surface area (TPSA) is 77.2 Å². The van der Waals surface area contributed by atoms with Crippen LogP contribution in [0, 0.1) is 0 Å². The lowest BCUT2D eigenvalue weighted by Crippen LogP contribution is -2.23. The highest BCUT2D eigenvalue weighted by Crippen LogP contribution is 2.12. The SMILES string of the molecule is CCOCc1ccccc1CNC(=O)c1csc(N)n1. The largest absolute Gasteiger partial charge is 0.377 e. The van der Waals surface area contributed by atoms with Crippen molar-refractivity contribution in [1.29, 1.82) is 0 Å². The number of rotatable bonds is 6. The number of hydrogen-bond acceptors (Lipinski definition) is 5. The number of amides is 1. The van der Waals surface area contributed by atoms with E-state index >= 15 is 0 Å². The van der Waals surface area contributed by atoms with Gasteiger partial charge in [0.25, 0.3) is 5.91 Å². The van der Waals surface area contributed by atoms with Gasteiger partial charge in [-0.05, 0) is 18.1 Å². The monoisotopic (exact) mass is 291 g/mol. The van der Waals surface area contributed by atoms with E-state index in [9.17, 15) is 4.79 Å². The first-order valence-corrected chi connectivity index (χ1v) is 7.22. The van der Waals surface area contributed by atoms with Gasteiger partial charge < -0.3 is 15.8 Å². The summed E-state index contributed by atoms with van der Waals surface area (Å²) in [6, 6.07) is 7.88. The van der Waals surface area contributed by atoms with Crippen molar-refractivity contribution in [1.82, 2.24) is 10.3 Å². The normalized spacial score (nSPS) is 10.4. The van der Waals surface area contributed by atoms with Crippen LogP contribution in [0.3, 0.4) is 0 Å². The van der Waals surface area contributed by atoms with Gasteiger partial charge in [0.05, 0.1) is 6.61 Å². The third-order valence-electron chi connectivity index (χ3n) is 2.77. The van der Waals surface area contributed by atoms with Crippen LogP contribution in [0.1, 0.15) is 28.5 Å². The molecule has 106 valence electrons. The van der Waals surface area contributed by atoms with Crippen LogP contribution in [0.4, 0.5) is 5.13 Å². The van der Waals surface area contributed by atoms with E-state index in [1.807, 2.05) is 31.2 Å². The van der Waals surface area contributed by atoms with Gasteiger partial charge in [-0.15, -0.1) is 11.3 Å². The molecule has 0 aliphatic carbocycles. The summed E-state index contributed by atoms with van der Waals surface area (Å²) in [5.74, 6) is -0.218. The van der Waals surface area contributed by atoms with Crippen molar-refractivity contribution < 1.29 is 9.53 Å². The molecule has 0 aliphatic rings. The van der Waals surface area contributed by atoms with Gasteiger partial charge in [-0.3, -0.25) is 4.79 Å². The highest BCUT2D eigenvalue weighted by Gasteiger charge is 2.10. The molecule has 2 aromatic rings. The molecule has 0 saturated carbocycles. The Bertz CT molecular complexity index is 583. The van der Waals surface area contributed by atoms with E-state index in [4.69, 9.17) is 10.5 Å². The maximum Gasteiger partial charge on any atom is 0.271 e. The molecular formula is C14H17N3O2S. The number of nitrogens with one attached hydrogen (secondary N) is 1. The third-order valence-corrected chi connectivity index (χ3v) is 3.45. The number of nitrogens with two attached hydrogens (primary N) is 1. The number of thiazole rings is 1. The fraction of sp³-hybridized carbons (Fsp3) is 0.286. The molecule has 0 bridgehead atoms. The zero-order valence-electron chi connectivity index (χ0n) is 11.3. The zero-order chi connectivity index (χ0) is 14.4. The van der Waals surface area contributed by atoms with Crippen LogP contribution in [0.2, 0.25) is 0 Å². The lowest BCUT2D eigenvalue weighted by molar-refractivity contribution is 0.0945. The molecule has 0 spiro atoms. The molecule has 1 aromatic carbocycles. The summed E-state index contributed by atoms with van der Waals surface area (Å²) in [5.41, 5.74) is 7.99. The Labute approximate surface area is 121 Å². The average Bonchev–Trinajstić information content (AvgIpc) is 2.90. The molecule has 1 aromatic heterocycles. The van der Waals surface area contributed by atoms with Gasteiger partial charge >= 0.3 is 0 Å². The zero-order valence-corrected chi connectivity index (χ0v) is 12.1. The van der Waals surface area contributed by atoms with Crippen LogP contribution in [0.5, 0.6) is 0 Å². The second kappa shape index (κ2) is 7.02. The maximum absolute atomic E-state index is 11.9. The highest BCUT2D eigenvalue weighted by molar-refractivity contribution is 7.13. The third kappa shape index (κ3) is 3.79. The fourth-order valence-electron chi connectivity index (χ4n) is 1.74. The van der Waals surface area contributed by atoms with Crippen LogP contribution < -0.4 is 11.1 Å². The number of anilines is 1. The molecule has 0 radical (unpaired) electrons. The van der Waals surface area contributed by atoms with Crippen LogP contribution in [0.25, 0.3) is 0 Å². The molecule has 3 N–H and O–H groups in total. The summed E-state index contributed by atoms with van der Waals surface area (Å²) < 4.78 is 5.42. The molecule has 0 aliphatic heterocycles. The maximum atomic E-state index is 11.9. The van der Waals surface area contributed by atoms with E-state index in [0.717, 1.165) is 11.1 Å². The van der Waals surface area contributed by atoms with Gasteiger partial charge in [-0.1, -0.05) is 24.3 Å². The Morgan fingerprint density at radius 2 is 2.15 bits per heavy atom. The molecule has 2 rings (SSSR count). The van der Waals surface area contributed by atoms with Crippen LogP contribution >= 0.6 is 11.3 Å². The standard InChI is InChI=1S/C14H17N3O2S/c1-2-19-8-11-6-4-3-5-10(11)7-16-13(18)12-9-20-14(15)17-12/h3-6,9H,2,7-8H2,1H3,(H2,15,17)(H,16,18). The lowest BCUT2D eigenvalue weighted by Gasteiger charge is -2.10. The van der Waals surface area contributed by atoms with Crippen molar-refractivity contribution >= 4 is 22.4 Å². The van der Waals surface area contributed by atoms with Crippen molar-refractivity contribution in [3.05, 3.63) is 46.5 Å². The van der Waals surface area contributed by atoms with Gasteiger partial charge in [-0.2, -0.15) is 0 Å². The number of carbonyl (C=O) groups is 1. The first kappa shape index (κ1) is 14.5. The summed E-state index contributed by atoms with van der Waals surface area (Å²) >= 11 is 1.25. The molecule has 1 amide bonds. The first-order chi connectivity index (χ1) is 9.70. The Morgan fingerprint density at radius 1 is 1.40 bits per heavy atom. The van der Waals surface area contributed by atoms with Crippen LogP contribution in [0.15, 0.2) is 29.6 Å². The molecule has 5 nitrogen and oxygen atoms in total. The van der Waals surface area contributed by atoms with Gasteiger partial charge in [0.1, 0.15) is 5.69 Å². The number of benzene rings is 1. The van der Waals surface area contributed by atoms with Crippen molar-refractivity contribution in [3.8, 4) is 0 Å². The van der Waals surface area contributed by atoms with Gasteiger partial charge in [0.2, 0.25) is 0 Å². The van der Waals surface area contributed by atoms with E-state index in [0.29, 0.717) is 30.6 Å². The number of nitrogens with zero attached hydrogens (tertiary/aromatic N) is 1. The minimum absolute atomic E-state index is 0.218. The van der Waals surface area contributed by atoms with Crippen molar-refractivity contribution in [2.24, 2.45) is 0 Å². The second-order valence-corrected chi connectivity index (χ2v) is 5.05. The Kier molecular flexibility index (Phi) is 5.09. The summed E-state index contributed by atoms with van der Waals surface area (Å²) in [6.45, 7) is 3.61. The van der Waals surface area contributed by atoms with E-state index in [2.05, 4.69) is 10.3 Å². The van der Waals surface area contributed by atoms with Gasteiger partial charge in [0, 0.05) is 18.5 Å². The summed E-state index contributed by atoms with van der Waals surface area (Å²) in [7, 11) is 0. The minimum atomic E-state index is -0.218. The lowest BCUT2D eigenvalue weighted by atomic mass is 10.1. The first-order valence-electron chi connectivity index (χ1n) is 6.34. The predicted octanol–water partition coefficient (Wildman–Crippen LogP) is 2.19. The van der Waals surface area contributed by atoms with Crippen molar-refractivity contribution in [2.45, 2.75) is 20.1 Å². The number of carbonyl (C=O) groups excluding carboxylic acids is 1. The molecule has 0 unspecified atom stereocenters. The number of hydrogen-bond donors (Lipinski definition) is 2. The minimum Gasteiger partial charge on any atom is -0.377 e.